The second kappa shape index (κ2) is 6.34. The number of likely N-dealkylation sites (tertiary alicyclic amines) is 1. The van der Waals surface area contributed by atoms with Crippen LogP contribution in [-0.2, 0) is 13.1 Å². The predicted molar refractivity (Wildman–Crippen MR) is 74.2 cm³/mol. The van der Waals surface area contributed by atoms with Crippen LogP contribution in [-0.4, -0.2) is 33.6 Å². The van der Waals surface area contributed by atoms with Crippen molar-refractivity contribution in [3.8, 4) is 0 Å². The molecule has 1 fully saturated rings. The maximum Gasteiger partial charge on any atom is 0.0948 e. The van der Waals surface area contributed by atoms with E-state index in [0.29, 0.717) is 12.0 Å². The van der Waals surface area contributed by atoms with Crippen LogP contribution in [0.4, 0.5) is 0 Å². The number of rotatable bonds is 5. The first-order chi connectivity index (χ1) is 8.70. The van der Waals surface area contributed by atoms with Crippen molar-refractivity contribution in [1.82, 2.24) is 14.5 Å². The molecule has 1 aromatic heterocycles. The average molecular weight is 250 g/mol. The fourth-order valence-electron chi connectivity index (χ4n) is 2.79. The van der Waals surface area contributed by atoms with Gasteiger partial charge in [0, 0.05) is 25.3 Å². The molecule has 1 unspecified atom stereocenters. The molecule has 0 spiro atoms. The minimum Gasteiger partial charge on any atom is -0.333 e. The van der Waals surface area contributed by atoms with Gasteiger partial charge in [0.15, 0.2) is 0 Å². The van der Waals surface area contributed by atoms with Crippen LogP contribution in [0.25, 0.3) is 0 Å². The van der Waals surface area contributed by atoms with Gasteiger partial charge >= 0.3 is 0 Å². The molecule has 0 radical (unpaired) electrons. The van der Waals surface area contributed by atoms with Gasteiger partial charge in [0.25, 0.3) is 0 Å². The summed E-state index contributed by atoms with van der Waals surface area (Å²) in [6, 6.07) is 0.345. The molecule has 1 saturated heterocycles. The lowest BCUT2D eigenvalue weighted by Gasteiger charge is -2.33. The summed E-state index contributed by atoms with van der Waals surface area (Å²) < 4.78 is 2.28. The highest BCUT2D eigenvalue weighted by Gasteiger charge is 2.22. The van der Waals surface area contributed by atoms with Crippen molar-refractivity contribution in [2.75, 3.05) is 13.1 Å². The fourth-order valence-corrected chi connectivity index (χ4v) is 2.79. The lowest BCUT2D eigenvalue weighted by Crippen LogP contribution is -2.39. The third-order valence-corrected chi connectivity index (χ3v) is 4.02. The molecule has 1 atom stereocenters. The average Bonchev–Trinajstić information content (AvgIpc) is 2.78. The molecule has 2 N–H and O–H groups in total. The summed E-state index contributed by atoms with van der Waals surface area (Å²) in [6.45, 7) is 8.79. The Labute approximate surface area is 110 Å². The Kier molecular flexibility index (Phi) is 4.78. The van der Waals surface area contributed by atoms with Crippen LogP contribution in [0.1, 0.15) is 38.8 Å². The van der Waals surface area contributed by atoms with Crippen molar-refractivity contribution in [2.24, 2.45) is 11.7 Å². The summed E-state index contributed by atoms with van der Waals surface area (Å²) in [5.74, 6) is 0.710. The molecule has 0 saturated carbocycles. The van der Waals surface area contributed by atoms with Crippen molar-refractivity contribution in [1.29, 1.82) is 0 Å². The third-order valence-electron chi connectivity index (χ3n) is 4.02. The zero-order valence-corrected chi connectivity index (χ0v) is 11.7. The van der Waals surface area contributed by atoms with Crippen molar-refractivity contribution in [2.45, 2.75) is 52.2 Å². The normalized spacial score (nSPS) is 20.2. The smallest absolute Gasteiger partial charge is 0.0948 e. The molecule has 0 amide bonds. The van der Waals surface area contributed by atoms with Crippen LogP contribution in [0.3, 0.4) is 0 Å². The Balaban J connectivity index is 1.85. The summed E-state index contributed by atoms with van der Waals surface area (Å²) in [4.78, 5) is 6.80. The number of imidazole rings is 1. The molecular weight excluding hydrogens is 224 g/mol. The van der Waals surface area contributed by atoms with E-state index in [0.717, 1.165) is 19.5 Å². The zero-order valence-electron chi connectivity index (χ0n) is 11.7. The minimum absolute atomic E-state index is 0.345. The minimum atomic E-state index is 0.345. The number of aryl methyl sites for hydroxylation is 1. The van der Waals surface area contributed by atoms with Gasteiger partial charge in [-0.2, -0.15) is 0 Å². The van der Waals surface area contributed by atoms with Gasteiger partial charge in [0.2, 0.25) is 0 Å². The number of nitrogens with two attached hydrogens (primary N) is 1. The van der Waals surface area contributed by atoms with Gasteiger partial charge in [-0.15, -0.1) is 0 Å². The molecular formula is C14H26N4. The Bertz CT molecular complexity index is 350. The summed E-state index contributed by atoms with van der Waals surface area (Å²) in [5.41, 5.74) is 7.32. The van der Waals surface area contributed by atoms with Crippen molar-refractivity contribution in [3.05, 3.63) is 18.2 Å². The lowest BCUT2D eigenvalue weighted by molar-refractivity contribution is 0.162. The first kappa shape index (κ1) is 13.6. The second-order valence-electron chi connectivity index (χ2n) is 5.55. The molecule has 0 aromatic carbocycles. The molecule has 0 aliphatic carbocycles. The number of hydrogen-bond acceptors (Lipinski definition) is 3. The van der Waals surface area contributed by atoms with E-state index >= 15 is 0 Å². The van der Waals surface area contributed by atoms with Crippen molar-refractivity contribution >= 4 is 0 Å². The van der Waals surface area contributed by atoms with E-state index in [-0.39, 0.29) is 0 Å². The summed E-state index contributed by atoms with van der Waals surface area (Å²) in [5, 5.41) is 0. The molecule has 1 aliphatic heterocycles. The molecule has 1 aromatic rings. The summed E-state index contributed by atoms with van der Waals surface area (Å²) in [6.07, 6.45) is 7.59. The van der Waals surface area contributed by atoms with E-state index in [9.17, 15) is 0 Å². The van der Waals surface area contributed by atoms with E-state index < -0.39 is 0 Å². The first-order valence-electron chi connectivity index (χ1n) is 7.17. The maximum atomic E-state index is 5.98. The Morgan fingerprint density at radius 1 is 1.44 bits per heavy atom. The van der Waals surface area contributed by atoms with E-state index in [4.69, 9.17) is 5.73 Å². The van der Waals surface area contributed by atoms with E-state index in [1.165, 1.54) is 31.6 Å². The SMILES string of the molecule is CCCn1cncc1CN1CCC(C(C)N)CC1. The van der Waals surface area contributed by atoms with E-state index in [1.54, 1.807) is 0 Å². The van der Waals surface area contributed by atoms with Crippen LogP contribution in [0.2, 0.25) is 0 Å². The standard InChI is InChI=1S/C14H26N4/c1-3-6-18-11-16-9-14(18)10-17-7-4-13(5-8-17)12(2)15/h9,11-13H,3-8,10,15H2,1-2H3. The number of hydrogen-bond donors (Lipinski definition) is 1. The molecule has 4 heteroatoms. The van der Waals surface area contributed by atoms with Crippen LogP contribution < -0.4 is 5.73 Å². The van der Waals surface area contributed by atoms with Gasteiger partial charge in [-0.25, -0.2) is 4.98 Å². The summed E-state index contributed by atoms with van der Waals surface area (Å²) >= 11 is 0. The summed E-state index contributed by atoms with van der Waals surface area (Å²) in [7, 11) is 0. The molecule has 1 aliphatic rings. The molecule has 2 heterocycles. The first-order valence-corrected chi connectivity index (χ1v) is 7.17. The van der Waals surface area contributed by atoms with Crippen LogP contribution >= 0.6 is 0 Å². The monoisotopic (exact) mass is 250 g/mol. The van der Waals surface area contributed by atoms with Crippen molar-refractivity contribution in [3.63, 3.8) is 0 Å². The topological polar surface area (TPSA) is 47.1 Å². The molecule has 18 heavy (non-hydrogen) atoms. The molecule has 0 bridgehead atoms. The van der Waals surface area contributed by atoms with Gasteiger partial charge in [-0.1, -0.05) is 6.92 Å². The molecule has 2 rings (SSSR count). The lowest BCUT2D eigenvalue weighted by atomic mass is 9.91. The molecule has 102 valence electrons. The van der Waals surface area contributed by atoms with Gasteiger partial charge < -0.3 is 10.3 Å². The largest absolute Gasteiger partial charge is 0.333 e. The third kappa shape index (κ3) is 3.33. The van der Waals surface area contributed by atoms with Gasteiger partial charge in [0.05, 0.1) is 12.0 Å². The van der Waals surface area contributed by atoms with Crippen LogP contribution in [0, 0.1) is 5.92 Å². The highest BCUT2D eigenvalue weighted by molar-refractivity contribution is 4.98. The molecule has 4 nitrogen and oxygen atoms in total. The van der Waals surface area contributed by atoms with E-state index in [2.05, 4.69) is 28.3 Å². The highest BCUT2D eigenvalue weighted by Crippen LogP contribution is 2.20. The number of aromatic nitrogens is 2. The highest BCUT2D eigenvalue weighted by atomic mass is 15.2. The second-order valence-corrected chi connectivity index (χ2v) is 5.55. The van der Waals surface area contributed by atoms with Crippen LogP contribution in [0.15, 0.2) is 12.5 Å². The van der Waals surface area contributed by atoms with Crippen LogP contribution in [0.5, 0.6) is 0 Å². The number of piperidine rings is 1. The van der Waals surface area contributed by atoms with Gasteiger partial charge in [-0.05, 0) is 45.2 Å². The zero-order chi connectivity index (χ0) is 13.0. The van der Waals surface area contributed by atoms with Gasteiger partial charge in [-0.3, -0.25) is 4.90 Å². The Morgan fingerprint density at radius 3 is 2.78 bits per heavy atom. The number of nitrogens with zero attached hydrogens (tertiary/aromatic N) is 3. The Morgan fingerprint density at radius 2 is 2.17 bits per heavy atom. The van der Waals surface area contributed by atoms with Gasteiger partial charge in [0.1, 0.15) is 0 Å². The predicted octanol–water partition coefficient (Wildman–Crippen LogP) is 1.85. The van der Waals surface area contributed by atoms with E-state index in [1.807, 2.05) is 12.5 Å². The van der Waals surface area contributed by atoms with Crippen molar-refractivity contribution < 1.29 is 0 Å². The Hall–Kier alpha value is -0.870. The fraction of sp³-hybridized carbons (Fsp3) is 0.786. The quantitative estimate of drug-likeness (QED) is 0.867. The maximum absolute atomic E-state index is 5.98.